The molecule has 0 saturated carbocycles. The summed E-state index contributed by atoms with van der Waals surface area (Å²) in [6.45, 7) is 1.29. The number of rotatable bonds is 5. The molecule has 144 valence electrons. The summed E-state index contributed by atoms with van der Waals surface area (Å²) in [7, 11) is 1.07. The second-order valence-corrected chi connectivity index (χ2v) is 8.61. The minimum Gasteiger partial charge on any atom is -0.489 e. The van der Waals surface area contributed by atoms with Crippen molar-refractivity contribution in [3.8, 4) is 5.75 Å². The van der Waals surface area contributed by atoms with Gasteiger partial charge in [-0.05, 0) is 44.2 Å². The first-order chi connectivity index (χ1) is 12.6. The van der Waals surface area contributed by atoms with E-state index in [0.29, 0.717) is 29.5 Å². The van der Waals surface area contributed by atoms with Crippen LogP contribution in [0.15, 0.2) is 24.3 Å². The van der Waals surface area contributed by atoms with Gasteiger partial charge in [0.15, 0.2) is 0 Å². The van der Waals surface area contributed by atoms with Crippen LogP contribution in [0.5, 0.6) is 5.75 Å². The molecule has 0 radical (unpaired) electrons. The largest absolute Gasteiger partial charge is 0.489 e. The quantitative estimate of drug-likeness (QED) is 0.853. The molecule has 2 amide bonds. The number of hydrogen-bond acceptors (Lipinski definition) is 4. The molecule has 2 saturated heterocycles. The first kappa shape index (κ1) is 19.2. The zero-order valence-corrected chi connectivity index (χ0v) is 16.1. The van der Waals surface area contributed by atoms with Crippen molar-refractivity contribution in [3.05, 3.63) is 24.3 Å². The lowest BCUT2D eigenvalue weighted by Gasteiger charge is -2.31. The Morgan fingerprint density at radius 1 is 1.27 bits per heavy atom. The van der Waals surface area contributed by atoms with Crippen LogP contribution in [0.1, 0.15) is 32.1 Å². The minimum atomic E-state index is -0.728. The maximum atomic E-state index is 12.6. The molecule has 0 aliphatic carbocycles. The van der Waals surface area contributed by atoms with Crippen LogP contribution in [-0.4, -0.2) is 59.1 Å². The number of carbonyl (C=O) groups is 1. The molecule has 1 atom stereocenters. The van der Waals surface area contributed by atoms with Crippen molar-refractivity contribution in [1.82, 2.24) is 4.90 Å². The van der Waals surface area contributed by atoms with Crippen molar-refractivity contribution in [1.29, 1.82) is 0 Å². The van der Waals surface area contributed by atoms with E-state index >= 15 is 0 Å². The highest BCUT2D eigenvalue weighted by molar-refractivity contribution is 7.85. The van der Waals surface area contributed by atoms with Crippen molar-refractivity contribution in [2.24, 2.45) is 0 Å². The van der Waals surface area contributed by atoms with Gasteiger partial charge in [0.2, 0.25) is 0 Å². The van der Waals surface area contributed by atoms with Crippen LogP contribution in [0.25, 0.3) is 0 Å². The third-order valence-electron chi connectivity index (χ3n) is 5.05. The summed E-state index contributed by atoms with van der Waals surface area (Å²) >= 11 is 0. The van der Waals surface area contributed by atoms with E-state index in [-0.39, 0.29) is 18.2 Å². The molecule has 1 N–H and O–H groups in total. The molecule has 2 heterocycles. The average molecular weight is 381 g/mol. The van der Waals surface area contributed by atoms with E-state index in [2.05, 4.69) is 5.32 Å². The van der Waals surface area contributed by atoms with E-state index in [4.69, 9.17) is 9.47 Å². The Kier molecular flexibility index (Phi) is 6.91. The van der Waals surface area contributed by atoms with Gasteiger partial charge in [0.1, 0.15) is 12.4 Å². The predicted octanol–water partition coefficient (Wildman–Crippen LogP) is 3.01. The number of para-hydroxylation sites is 2. The zero-order chi connectivity index (χ0) is 18.4. The first-order valence-electron chi connectivity index (χ1n) is 9.35. The molecule has 26 heavy (non-hydrogen) atoms. The fourth-order valence-electron chi connectivity index (χ4n) is 3.36. The third kappa shape index (κ3) is 5.20. The van der Waals surface area contributed by atoms with Gasteiger partial charge in [-0.25, -0.2) is 4.79 Å². The van der Waals surface area contributed by atoms with Crippen LogP contribution in [0.3, 0.4) is 0 Å². The number of nitrogens with one attached hydrogen (secondary N) is 1. The van der Waals surface area contributed by atoms with Crippen molar-refractivity contribution in [2.45, 2.75) is 44.2 Å². The monoisotopic (exact) mass is 380 g/mol. The van der Waals surface area contributed by atoms with E-state index < -0.39 is 10.8 Å². The van der Waals surface area contributed by atoms with Crippen molar-refractivity contribution in [2.75, 3.05) is 37.1 Å². The molecule has 0 aromatic heterocycles. The molecule has 0 unspecified atom stereocenters. The van der Waals surface area contributed by atoms with Crippen LogP contribution < -0.4 is 10.1 Å². The van der Waals surface area contributed by atoms with E-state index in [0.717, 1.165) is 32.3 Å². The Morgan fingerprint density at radius 3 is 2.77 bits per heavy atom. The van der Waals surface area contributed by atoms with E-state index in [1.807, 2.05) is 24.3 Å². The summed E-state index contributed by atoms with van der Waals surface area (Å²) in [6, 6.07) is 7.46. The maximum absolute atomic E-state index is 12.6. The second-order valence-electron chi connectivity index (χ2n) is 6.92. The Balaban J connectivity index is 1.56. The van der Waals surface area contributed by atoms with Crippen LogP contribution >= 0.6 is 0 Å². The Labute approximate surface area is 157 Å². The highest BCUT2D eigenvalue weighted by Crippen LogP contribution is 2.26. The lowest BCUT2D eigenvalue weighted by Crippen LogP contribution is -2.43. The standard InChI is InChI=1S/C19H28N2O4S/c1-21(15-9-12-26(23)13-10-15)19(22)20-17-7-2-3-8-18(17)25-14-16-6-4-5-11-24-16/h2-3,7-8,15-16H,4-6,9-14H2,1H3,(H,20,22)/t15?,16-,26?/m0/s1. The molecule has 2 aliphatic heterocycles. The van der Waals surface area contributed by atoms with Gasteiger partial charge < -0.3 is 19.7 Å². The number of nitrogens with zero attached hydrogens (tertiary/aromatic N) is 1. The van der Waals surface area contributed by atoms with Crippen LogP contribution in [0.2, 0.25) is 0 Å². The Hall–Kier alpha value is -1.60. The molecule has 7 heteroatoms. The first-order valence-corrected chi connectivity index (χ1v) is 10.8. The molecule has 3 rings (SSSR count). The predicted molar refractivity (Wildman–Crippen MR) is 103 cm³/mol. The number of amides is 2. The van der Waals surface area contributed by atoms with Crippen molar-refractivity contribution < 1.29 is 18.5 Å². The molecule has 1 aromatic rings. The lowest BCUT2D eigenvalue weighted by molar-refractivity contribution is -0.0109. The fraction of sp³-hybridized carbons (Fsp3) is 0.632. The molecule has 2 fully saturated rings. The number of urea groups is 1. The molecule has 0 bridgehead atoms. The van der Waals surface area contributed by atoms with Gasteiger partial charge in [-0.15, -0.1) is 0 Å². The molecular weight excluding hydrogens is 352 g/mol. The van der Waals surface area contributed by atoms with Gasteiger partial charge >= 0.3 is 6.03 Å². The van der Waals surface area contributed by atoms with Gasteiger partial charge in [-0.3, -0.25) is 4.21 Å². The smallest absolute Gasteiger partial charge is 0.321 e. The Morgan fingerprint density at radius 2 is 2.04 bits per heavy atom. The zero-order valence-electron chi connectivity index (χ0n) is 15.3. The van der Waals surface area contributed by atoms with Crippen LogP contribution in [-0.2, 0) is 15.5 Å². The molecule has 2 aliphatic rings. The van der Waals surface area contributed by atoms with E-state index in [9.17, 15) is 9.00 Å². The van der Waals surface area contributed by atoms with Crippen LogP contribution in [0, 0.1) is 0 Å². The Bertz CT molecular complexity index is 624. The summed E-state index contributed by atoms with van der Waals surface area (Å²) in [5, 5.41) is 2.95. The van der Waals surface area contributed by atoms with Gasteiger partial charge in [0, 0.05) is 42.0 Å². The summed E-state index contributed by atoms with van der Waals surface area (Å²) in [6.07, 6.45) is 4.99. The summed E-state index contributed by atoms with van der Waals surface area (Å²) < 4.78 is 23.1. The number of hydrogen-bond donors (Lipinski definition) is 1. The molecular formula is C19H28N2O4S. The van der Waals surface area contributed by atoms with E-state index in [1.165, 1.54) is 6.42 Å². The van der Waals surface area contributed by atoms with Gasteiger partial charge in [0.05, 0.1) is 11.8 Å². The number of ether oxygens (including phenoxy) is 2. The molecule has 6 nitrogen and oxygen atoms in total. The van der Waals surface area contributed by atoms with Gasteiger partial charge in [0.25, 0.3) is 0 Å². The topological polar surface area (TPSA) is 67.9 Å². The van der Waals surface area contributed by atoms with E-state index in [1.54, 1.807) is 11.9 Å². The summed E-state index contributed by atoms with van der Waals surface area (Å²) in [4.78, 5) is 14.3. The van der Waals surface area contributed by atoms with Crippen molar-refractivity contribution in [3.63, 3.8) is 0 Å². The molecule has 0 spiro atoms. The summed E-state index contributed by atoms with van der Waals surface area (Å²) in [5.74, 6) is 2.00. The maximum Gasteiger partial charge on any atom is 0.321 e. The molecule has 1 aromatic carbocycles. The summed E-state index contributed by atoms with van der Waals surface area (Å²) in [5.41, 5.74) is 0.666. The van der Waals surface area contributed by atoms with Gasteiger partial charge in [-0.1, -0.05) is 12.1 Å². The highest BCUT2D eigenvalue weighted by Gasteiger charge is 2.25. The third-order valence-corrected chi connectivity index (χ3v) is 6.44. The highest BCUT2D eigenvalue weighted by atomic mass is 32.2. The number of anilines is 1. The number of benzene rings is 1. The second kappa shape index (κ2) is 9.37. The minimum absolute atomic E-state index is 0.123. The number of carbonyl (C=O) groups excluding carboxylic acids is 1. The normalized spacial score (nSPS) is 26.1. The van der Waals surface area contributed by atoms with Crippen LogP contribution in [0.4, 0.5) is 10.5 Å². The van der Waals surface area contributed by atoms with Crippen molar-refractivity contribution >= 4 is 22.5 Å². The SMILES string of the molecule is CN(C(=O)Nc1ccccc1OC[C@@H]1CCCCO1)C1CCS(=O)CC1. The average Bonchev–Trinajstić information content (AvgIpc) is 2.68. The van der Waals surface area contributed by atoms with Gasteiger partial charge in [-0.2, -0.15) is 0 Å². The lowest BCUT2D eigenvalue weighted by atomic mass is 10.1. The fourth-order valence-corrected chi connectivity index (χ4v) is 4.63.